The summed E-state index contributed by atoms with van der Waals surface area (Å²) >= 11 is 0. The average Bonchev–Trinajstić information content (AvgIpc) is 3.38. The van der Waals surface area contributed by atoms with Gasteiger partial charge in [-0.05, 0) is 31.4 Å². The van der Waals surface area contributed by atoms with Gasteiger partial charge in [0, 0.05) is 38.1 Å². The van der Waals surface area contributed by atoms with E-state index in [4.69, 9.17) is 15.2 Å². The van der Waals surface area contributed by atoms with Crippen molar-refractivity contribution >= 4 is 17.5 Å². The number of ether oxygens (including phenoxy) is 2. The van der Waals surface area contributed by atoms with Crippen molar-refractivity contribution < 1.29 is 18.3 Å². The SMILES string of the molecule is C=C(/N=C1\C(=C/N)N=C(Nc2ccc(F)cc2F)N1[C@@H]1CCOC1)NC1CCOCC1. The number of halogens is 2. The first-order chi connectivity index (χ1) is 15.0. The molecule has 166 valence electrons. The molecule has 2 fully saturated rings. The van der Waals surface area contributed by atoms with Gasteiger partial charge in [0.05, 0.1) is 18.3 Å². The fourth-order valence-corrected chi connectivity index (χ4v) is 3.77. The number of aliphatic imine (C=N–C) groups is 2. The molecule has 0 bridgehead atoms. The summed E-state index contributed by atoms with van der Waals surface area (Å²) in [6.07, 6.45) is 3.83. The van der Waals surface area contributed by atoms with Gasteiger partial charge < -0.3 is 25.8 Å². The number of hydrogen-bond donors (Lipinski definition) is 3. The summed E-state index contributed by atoms with van der Waals surface area (Å²) in [6, 6.07) is 3.48. The molecular weight excluding hydrogens is 406 g/mol. The second-order valence-electron chi connectivity index (χ2n) is 7.54. The van der Waals surface area contributed by atoms with Crippen molar-refractivity contribution in [1.82, 2.24) is 10.2 Å². The number of nitrogens with one attached hydrogen (secondary N) is 2. The molecule has 1 aromatic carbocycles. The molecule has 0 aromatic heterocycles. The van der Waals surface area contributed by atoms with E-state index in [1.165, 1.54) is 18.3 Å². The minimum absolute atomic E-state index is 0.0677. The summed E-state index contributed by atoms with van der Waals surface area (Å²) in [5.74, 6) is -0.0604. The van der Waals surface area contributed by atoms with Gasteiger partial charge in [0.2, 0.25) is 5.96 Å². The van der Waals surface area contributed by atoms with Crippen molar-refractivity contribution in [3.05, 3.63) is 54.1 Å². The molecule has 3 aliphatic heterocycles. The normalized spacial score (nSPS) is 24.6. The van der Waals surface area contributed by atoms with Crippen LogP contribution < -0.4 is 16.4 Å². The zero-order valence-corrected chi connectivity index (χ0v) is 17.1. The minimum atomic E-state index is -0.723. The highest BCUT2D eigenvalue weighted by Gasteiger charge is 2.36. The fourth-order valence-electron chi connectivity index (χ4n) is 3.77. The average molecular weight is 432 g/mol. The topological polar surface area (TPSA) is 96.5 Å². The first kappa shape index (κ1) is 21.3. The first-order valence-corrected chi connectivity index (χ1v) is 10.3. The van der Waals surface area contributed by atoms with E-state index in [2.05, 4.69) is 27.2 Å². The van der Waals surface area contributed by atoms with Crippen molar-refractivity contribution in [3.8, 4) is 0 Å². The maximum atomic E-state index is 14.3. The molecule has 4 N–H and O–H groups in total. The van der Waals surface area contributed by atoms with Crippen molar-refractivity contribution in [1.29, 1.82) is 0 Å². The number of rotatable bonds is 5. The molecule has 0 unspecified atom stereocenters. The van der Waals surface area contributed by atoms with E-state index in [1.54, 1.807) is 0 Å². The van der Waals surface area contributed by atoms with E-state index < -0.39 is 11.6 Å². The molecule has 0 spiro atoms. The zero-order valence-electron chi connectivity index (χ0n) is 17.1. The summed E-state index contributed by atoms with van der Waals surface area (Å²) in [4.78, 5) is 11.0. The van der Waals surface area contributed by atoms with Crippen molar-refractivity contribution in [3.63, 3.8) is 0 Å². The molecule has 10 heteroatoms. The number of hydrogen-bond acceptors (Lipinski definition) is 7. The third-order valence-electron chi connectivity index (χ3n) is 5.35. The second kappa shape index (κ2) is 9.44. The highest BCUT2D eigenvalue weighted by molar-refractivity contribution is 6.18. The lowest BCUT2D eigenvalue weighted by Crippen LogP contribution is -2.45. The Bertz CT molecular complexity index is 920. The Kier molecular flexibility index (Phi) is 6.47. The molecule has 2 saturated heterocycles. The highest BCUT2D eigenvalue weighted by Crippen LogP contribution is 2.26. The van der Waals surface area contributed by atoms with Gasteiger partial charge in [-0.2, -0.15) is 0 Å². The molecule has 1 aromatic rings. The first-order valence-electron chi connectivity index (χ1n) is 10.3. The fraction of sp³-hybridized carbons (Fsp3) is 0.429. The number of benzene rings is 1. The van der Waals surface area contributed by atoms with Gasteiger partial charge in [-0.1, -0.05) is 6.58 Å². The molecule has 0 saturated carbocycles. The number of anilines is 1. The van der Waals surface area contributed by atoms with Crippen molar-refractivity contribution in [2.24, 2.45) is 15.7 Å². The summed E-state index contributed by atoms with van der Waals surface area (Å²) < 4.78 is 38.5. The van der Waals surface area contributed by atoms with E-state index >= 15 is 0 Å². The molecule has 0 amide bonds. The molecule has 0 aliphatic carbocycles. The zero-order chi connectivity index (χ0) is 21.8. The summed E-state index contributed by atoms with van der Waals surface area (Å²) in [6.45, 7) is 6.48. The van der Waals surface area contributed by atoms with Gasteiger partial charge in [-0.15, -0.1) is 0 Å². The molecule has 3 aliphatic rings. The van der Waals surface area contributed by atoms with Gasteiger partial charge in [0.15, 0.2) is 5.84 Å². The van der Waals surface area contributed by atoms with E-state index in [9.17, 15) is 8.78 Å². The Labute approximate surface area is 179 Å². The third-order valence-corrected chi connectivity index (χ3v) is 5.35. The largest absolute Gasteiger partial charge is 0.403 e. The lowest BCUT2D eigenvalue weighted by atomic mass is 10.1. The van der Waals surface area contributed by atoms with Crippen LogP contribution in [0.15, 0.2) is 52.5 Å². The van der Waals surface area contributed by atoms with Gasteiger partial charge in [0.25, 0.3) is 0 Å². The van der Waals surface area contributed by atoms with Crippen LogP contribution in [0.3, 0.4) is 0 Å². The van der Waals surface area contributed by atoms with Crippen LogP contribution in [0.1, 0.15) is 19.3 Å². The smallest absolute Gasteiger partial charge is 0.210 e. The monoisotopic (exact) mass is 432 g/mol. The molecule has 1 atom stereocenters. The standard InChI is InChI=1S/C21H26F2N6O2/c1-13(25-15-4-7-30-8-5-15)26-20-19(11-24)28-21(29(20)16-6-9-31-12-16)27-18-3-2-14(22)10-17(18)23/h2-3,10-11,15-16,25H,1,4-9,12,24H2,(H,27,28)/b19-11+,26-20+/t16-/m1/s1. The second-order valence-corrected chi connectivity index (χ2v) is 7.54. The molecule has 31 heavy (non-hydrogen) atoms. The van der Waals surface area contributed by atoms with Crippen LogP contribution in [0, 0.1) is 11.6 Å². The van der Waals surface area contributed by atoms with E-state index in [1.807, 2.05) is 4.90 Å². The predicted molar refractivity (Wildman–Crippen MR) is 114 cm³/mol. The van der Waals surface area contributed by atoms with Crippen LogP contribution in [0.4, 0.5) is 14.5 Å². The van der Waals surface area contributed by atoms with Gasteiger partial charge in [-0.3, -0.25) is 4.90 Å². The maximum absolute atomic E-state index is 14.3. The maximum Gasteiger partial charge on any atom is 0.210 e. The van der Waals surface area contributed by atoms with Crippen LogP contribution in [0.2, 0.25) is 0 Å². The Morgan fingerprint density at radius 1 is 1.23 bits per heavy atom. The summed E-state index contributed by atoms with van der Waals surface area (Å²) in [7, 11) is 0. The Morgan fingerprint density at radius 3 is 2.68 bits per heavy atom. The lowest BCUT2D eigenvalue weighted by Gasteiger charge is -2.28. The number of nitrogens with zero attached hydrogens (tertiary/aromatic N) is 3. The number of nitrogens with two attached hydrogens (primary N) is 1. The van der Waals surface area contributed by atoms with E-state index in [0.717, 1.165) is 25.3 Å². The molecule has 4 rings (SSSR count). The van der Waals surface area contributed by atoms with Crippen molar-refractivity contribution in [2.45, 2.75) is 31.3 Å². The summed E-state index contributed by atoms with van der Waals surface area (Å²) in [5.41, 5.74) is 6.35. The van der Waals surface area contributed by atoms with E-state index in [0.29, 0.717) is 49.7 Å². The number of amidine groups is 1. The lowest BCUT2D eigenvalue weighted by molar-refractivity contribution is 0.0803. The van der Waals surface area contributed by atoms with Crippen LogP contribution >= 0.6 is 0 Å². The molecular formula is C21H26F2N6O2. The quantitative estimate of drug-likeness (QED) is 0.661. The van der Waals surface area contributed by atoms with E-state index in [-0.39, 0.29) is 17.8 Å². The van der Waals surface area contributed by atoms with Gasteiger partial charge in [-0.25, -0.2) is 18.8 Å². The Morgan fingerprint density at radius 2 is 2.00 bits per heavy atom. The van der Waals surface area contributed by atoms with Gasteiger partial charge >= 0.3 is 0 Å². The minimum Gasteiger partial charge on any atom is -0.403 e. The molecule has 8 nitrogen and oxygen atoms in total. The summed E-state index contributed by atoms with van der Waals surface area (Å²) in [5, 5.41) is 6.27. The Balaban J connectivity index is 1.60. The van der Waals surface area contributed by atoms with Crippen LogP contribution in [0.5, 0.6) is 0 Å². The Hall–Kier alpha value is -2.98. The van der Waals surface area contributed by atoms with Crippen LogP contribution in [0.25, 0.3) is 0 Å². The van der Waals surface area contributed by atoms with Gasteiger partial charge in [0.1, 0.15) is 23.2 Å². The highest BCUT2D eigenvalue weighted by atomic mass is 19.1. The third kappa shape index (κ3) is 4.86. The van der Waals surface area contributed by atoms with Crippen LogP contribution in [-0.2, 0) is 9.47 Å². The molecule has 3 heterocycles. The predicted octanol–water partition coefficient (Wildman–Crippen LogP) is 2.28. The van der Waals surface area contributed by atoms with Crippen molar-refractivity contribution in [2.75, 3.05) is 31.7 Å². The number of guanidine groups is 1. The van der Waals surface area contributed by atoms with Crippen LogP contribution in [-0.4, -0.2) is 55.2 Å². The molecule has 0 radical (unpaired) electrons.